The van der Waals surface area contributed by atoms with Crippen molar-refractivity contribution in [1.29, 1.82) is 0 Å². The lowest BCUT2D eigenvalue weighted by Gasteiger charge is -2.30. The molecule has 2 rings (SSSR count). The summed E-state index contributed by atoms with van der Waals surface area (Å²) < 4.78 is 0. The molecule has 1 heterocycles. The Balaban J connectivity index is 1.89. The van der Waals surface area contributed by atoms with Gasteiger partial charge in [0, 0.05) is 13.1 Å². The van der Waals surface area contributed by atoms with Crippen LogP contribution in [0.25, 0.3) is 0 Å². The van der Waals surface area contributed by atoms with Crippen LogP contribution in [0, 0.1) is 5.92 Å². The van der Waals surface area contributed by atoms with E-state index in [1.54, 1.807) is 0 Å². The second-order valence-corrected chi connectivity index (χ2v) is 4.73. The van der Waals surface area contributed by atoms with Crippen LogP contribution in [0.1, 0.15) is 25.3 Å². The summed E-state index contributed by atoms with van der Waals surface area (Å²) >= 11 is 0. The molecule has 2 nitrogen and oxygen atoms in total. The number of benzene rings is 1. The van der Waals surface area contributed by atoms with E-state index >= 15 is 0 Å². The minimum atomic E-state index is 0.276. The van der Waals surface area contributed by atoms with Gasteiger partial charge in [0.05, 0.1) is 6.42 Å². The number of nitrogens with zero attached hydrogens (tertiary/aromatic N) is 1. The van der Waals surface area contributed by atoms with Gasteiger partial charge in [0.25, 0.3) is 0 Å². The maximum Gasteiger partial charge on any atom is 0.226 e. The zero-order chi connectivity index (χ0) is 11.4. The molecular formula is C14H19NO. The number of amides is 1. The largest absolute Gasteiger partial charge is 0.342 e. The third kappa shape index (κ3) is 2.84. The zero-order valence-corrected chi connectivity index (χ0v) is 9.86. The summed E-state index contributed by atoms with van der Waals surface area (Å²) in [6.45, 7) is 4.14. The molecule has 0 bridgehead atoms. The Hall–Kier alpha value is -1.31. The topological polar surface area (TPSA) is 20.3 Å². The molecule has 0 N–H and O–H groups in total. The van der Waals surface area contributed by atoms with E-state index in [1.807, 2.05) is 35.2 Å². The SMILES string of the molecule is CC1CCN(C(=O)Cc2ccccc2)CC1. The molecule has 0 unspecified atom stereocenters. The molecule has 1 aliphatic rings. The Morgan fingerprint density at radius 1 is 1.25 bits per heavy atom. The predicted octanol–water partition coefficient (Wildman–Crippen LogP) is 2.49. The molecule has 0 spiro atoms. The van der Waals surface area contributed by atoms with Crippen molar-refractivity contribution in [2.45, 2.75) is 26.2 Å². The molecule has 1 fully saturated rings. The predicted molar refractivity (Wildman–Crippen MR) is 65.1 cm³/mol. The average Bonchev–Trinajstić information content (AvgIpc) is 2.31. The molecule has 1 aromatic carbocycles. The molecule has 1 aliphatic heterocycles. The molecule has 86 valence electrons. The highest BCUT2D eigenvalue weighted by atomic mass is 16.2. The second-order valence-electron chi connectivity index (χ2n) is 4.73. The standard InChI is InChI=1S/C14H19NO/c1-12-7-9-15(10-8-12)14(16)11-13-5-3-2-4-6-13/h2-6,12H,7-11H2,1H3. The van der Waals surface area contributed by atoms with E-state index in [9.17, 15) is 4.79 Å². The van der Waals surface area contributed by atoms with Crippen LogP contribution in [-0.4, -0.2) is 23.9 Å². The molecule has 1 saturated heterocycles. The number of rotatable bonds is 2. The minimum Gasteiger partial charge on any atom is -0.342 e. The quantitative estimate of drug-likeness (QED) is 0.745. The minimum absolute atomic E-state index is 0.276. The van der Waals surface area contributed by atoms with Gasteiger partial charge in [-0.2, -0.15) is 0 Å². The van der Waals surface area contributed by atoms with E-state index in [-0.39, 0.29) is 5.91 Å². The lowest BCUT2D eigenvalue weighted by Crippen LogP contribution is -2.38. The van der Waals surface area contributed by atoms with E-state index in [1.165, 1.54) is 0 Å². The van der Waals surface area contributed by atoms with Gasteiger partial charge in [-0.3, -0.25) is 4.79 Å². The van der Waals surface area contributed by atoms with Crippen molar-refractivity contribution < 1.29 is 4.79 Å². The van der Waals surface area contributed by atoms with Gasteiger partial charge in [-0.25, -0.2) is 0 Å². The summed E-state index contributed by atoms with van der Waals surface area (Å²) in [6.07, 6.45) is 2.86. The number of piperidine rings is 1. The normalized spacial score (nSPS) is 17.4. The van der Waals surface area contributed by atoms with Gasteiger partial charge in [-0.15, -0.1) is 0 Å². The Labute approximate surface area is 97.3 Å². The first-order chi connectivity index (χ1) is 7.75. The van der Waals surface area contributed by atoms with Gasteiger partial charge in [-0.1, -0.05) is 37.3 Å². The molecule has 2 heteroatoms. The van der Waals surface area contributed by atoms with Crippen LogP contribution < -0.4 is 0 Å². The fourth-order valence-electron chi connectivity index (χ4n) is 2.14. The van der Waals surface area contributed by atoms with Gasteiger partial charge in [0.15, 0.2) is 0 Å². The third-order valence-corrected chi connectivity index (χ3v) is 3.33. The van der Waals surface area contributed by atoms with Crippen molar-refractivity contribution in [3.8, 4) is 0 Å². The summed E-state index contributed by atoms with van der Waals surface area (Å²) in [7, 11) is 0. The first-order valence-corrected chi connectivity index (χ1v) is 6.07. The van der Waals surface area contributed by atoms with E-state index in [4.69, 9.17) is 0 Å². The van der Waals surface area contributed by atoms with E-state index in [2.05, 4.69) is 6.92 Å². The number of hydrogen-bond acceptors (Lipinski definition) is 1. The van der Waals surface area contributed by atoms with Crippen LogP contribution >= 0.6 is 0 Å². The van der Waals surface area contributed by atoms with Gasteiger partial charge in [-0.05, 0) is 24.3 Å². The van der Waals surface area contributed by atoms with Crippen molar-refractivity contribution in [2.75, 3.05) is 13.1 Å². The summed E-state index contributed by atoms with van der Waals surface area (Å²) in [4.78, 5) is 14.0. The van der Waals surface area contributed by atoms with Crippen molar-refractivity contribution in [3.63, 3.8) is 0 Å². The highest BCUT2D eigenvalue weighted by molar-refractivity contribution is 5.78. The van der Waals surface area contributed by atoms with E-state index in [0.717, 1.165) is 37.4 Å². The first kappa shape index (κ1) is 11.2. The van der Waals surface area contributed by atoms with Gasteiger partial charge < -0.3 is 4.90 Å². The van der Waals surface area contributed by atoms with Crippen molar-refractivity contribution in [1.82, 2.24) is 4.90 Å². The molecule has 1 amide bonds. The molecule has 0 atom stereocenters. The van der Waals surface area contributed by atoms with Gasteiger partial charge >= 0.3 is 0 Å². The summed E-state index contributed by atoms with van der Waals surface area (Å²) in [5, 5.41) is 0. The van der Waals surface area contributed by atoms with Crippen molar-refractivity contribution in [2.24, 2.45) is 5.92 Å². The molecule has 1 aromatic rings. The Morgan fingerprint density at radius 2 is 1.88 bits per heavy atom. The molecule has 0 saturated carbocycles. The van der Waals surface area contributed by atoms with Crippen molar-refractivity contribution in [3.05, 3.63) is 35.9 Å². The molecular weight excluding hydrogens is 198 g/mol. The summed E-state index contributed by atoms with van der Waals surface area (Å²) in [5.41, 5.74) is 1.12. The van der Waals surface area contributed by atoms with Gasteiger partial charge in [0.1, 0.15) is 0 Å². The lowest BCUT2D eigenvalue weighted by molar-refractivity contribution is -0.131. The average molecular weight is 217 g/mol. The fraction of sp³-hybridized carbons (Fsp3) is 0.500. The van der Waals surface area contributed by atoms with Crippen LogP contribution in [0.5, 0.6) is 0 Å². The summed E-state index contributed by atoms with van der Waals surface area (Å²) in [6, 6.07) is 9.99. The third-order valence-electron chi connectivity index (χ3n) is 3.33. The highest BCUT2D eigenvalue weighted by Gasteiger charge is 2.19. The zero-order valence-electron chi connectivity index (χ0n) is 9.86. The molecule has 0 aliphatic carbocycles. The molecule has 0 aromatic heterocycles. The second kappa shape index (κ2) is 5.15. The monoisotopic (exact) mass is 217 g/mol. The Bertz CT molecular complexity index is 339. The molecule has 0 radical (unpaired) electrons. The maximum atomic E-state index is 12.0. The Morgan fingerprint density at radius 3 is 2.50 bits per heavy atom. The van der Waals surface area contributed by atoms with Gasteiger partial charge in [0.2, 0.25) is 5.91 Å². The van der Waals surface area contributed by atoms with Crippen LogP contribution in [0.4, 0.5) is 0 Å². The smallest absolute Gasteiger partial charge is 0.226 e. The van der Waals surface area contributed by atoms with Crippen LogP contribution in [0.2, 0.25) is 0 Å². The first-order valence-electron chi connectivity index (χ1n) is 6.07. The Kier molecular flexibility index (Phi) is 3.60. The number of carbonyl (C=O) groups is 1. The van der Waals surface area contributed by atoms with Crippen LogP contribution in [0.15, 0.2) is 30.3 Å². The van der Waals surface area contributed by atoms with E-state index < -0.39 is 0 Å². The maximum absolute atomic E-state index is 12.0. The van der Waals surface area contributed by atoms with Crippen molar-refractivity contribution >= 4 is 5.91 Å². The number of carbonyl (C=O) groups excluding carboxylic acids is 1. The molecule has 16 heavy (non-hydrogen) atoms. The lowest BCUT2D eigenvalue weighted by atomic mass is 9.98. The van der Waals surface area contributed by atoms with Crippen LogP contribution in [-0.2, 0) is 11.2 Å². The van der Waals surface area contributed by atoms with E-state index in [0.29, 0.717) is 6.42 Å². The highest BCUT2D eigenvalue weighted by Crippen LogP contribution is 2.16. The fourth-order valence-corrected chi connectivity index (χ4v) is 2.14. The summed E-state index contributed by atoms with van der Waals surface area (Å²) in [5.74, 6) is 1.05. The number of hydrogen-bond donors (Lipinski definition) is 0. The van der Waals surface area contributed by atoms with Crippen LogP contribution in [0.3, 0.4) is 0 Å². The number of likely N-dealkylation sites (tertiary alicyclic amines) is 1.